The molecule has 0 N–H and O–H groups in total. The number of aromatic nitrogens is 1. The number of hydrogen-bond acceptors (Lipinski definition) is 6. The number of thioether (sulfide) groups is 1. The second-order valence-corrected chi connectivity index (χ2v) is 11.3. The van der Waals surface area contributed by atoms with Crippen molar-refractivity contribution in [1.29, 1.82) is 0 Å². The lowest BCUT2D eigenvalue weighted by Gasteiger charge is -2.44. The van der Waals surface area contributed by atoms with Gasteiger partial charge in [-0.1, -0.05) is 62.4 Å². The highest BCUT2D eigenvalue weighted by atomic mass is 32.2. The van der Waals surface area contributed by atoms with Gasteiger partial charge in [0.2, 0.25) is 0 Å². The van der Waals surface area contributed by atoms with E-state index < -0.39 is 5.41 Å². The minimum Gasteiger partial charge on any atom is -0.378 e. The van der Waals surface area contributed by atoms with Crippen LogP contribution in [0.2, 0.25) is 0 Å². The summed E-state index contributed by atoms with van der Waals surface area (Å²) in [7, 11) is 0. The van der Waals surface area contributed by atoms with Crippen molar-refractivity contribution >= 4 is 29.4 Å². The van der Waals surface area contributed by atoms with Crippen LogP contribution in [0.25, 0.3) is 6.08 Å². The van der Waals surface area contributed by atoms with Gasteiger partial charge in [-0.2, -0.15) is 0 Å². The molecule has 5 rings (SSSR count). The molecule has 3 heterocycles. The van der Waals surface area contributed by atoms with Gasteiger partial charge in [0.25, 0.3) is 0 Å². The zero-order valence-electron chi connectivity index (χ0n) is 21.9. The molecule has 37 heavy (non-hydrogen) atoms. The predicted molar refractivity (Wildman–Crippen MR) is 152 cm³/mol. The van der Waals surface area contributed by atoms with Crippen molar-refractivity contribution in [2.75, 3.05) is 44.0 Å². The Morgan fingerprint density at radius 3 is 2.43 bits per heavy atom. The van der Waals surface area contributed by atoms with Crippen molar-refractivity contribution in [2.45, 2.75) is 31.3 Å². The first-order valence-corrected chi connectivity index (χ1v) is 14.2. The number of piperidine rings is 1. The van der Waals surface area contributed by atoms with Crippen LogP contribution in [0.3, 0.4) is 0 Å². The molecule has 0 saturated carbocycles. The zero-order valence-corrected chi connectivity index (χ0v) is 22.7. The van der Waals surface area contributed by atoms with Gasteiger partial charge in [-0.05, 0) is 47.7 Å². The number of ketones is 1. The third kappa shape index (κ3) is 5.82. The zero-order chi connectivity index (χ0) is 25.8. The smallest absolute Gasteiger partial charge is 0.167 e. The molecule has 0 aliphatic carbocycles. The molecule has 0 radical (unpaired) electrons. The normalized spacial score (nSPS) is 21.4. The van der Waals surface area contributed by atoms with Crippen LogP contribution in [0.5, 0.6) is 0 Å². The molecule has 2 fully saturated rings. The first kappa shape index (κ1) is 25.7. The average Bonchev–Trinajstić information content (AvgIpc) is 2.93. The Hall–Kier alpha value is -2.93. The summed E-state index contributed by atoms with van der Waals surface area (Å²) in [6.45, 7) is 8.66. The van der Waals surface area contributed by atoms with Crippen LogP contribution in [0.4, 0.5) is 5.82 Å². The summed E-state index contributed by atoms with van der Waals surface area (Å²) in [4.78, 5) is 24.9. The highest BCUT2D eigenvalue weighted by Crippen LogP contribution is 2.42. The maximum absolute atomic E-state index is 14.0. The Bertz CT molecular complexity index is 1250. The maximum atomic E-state index is 14.0. The van der Waals surface area contributed by atoms with E-state index in [1.807, 2.05) is 30.3 Å². The number of ether oxygens (including phenoxy) is 1. The van der Waals surface area contributed by atoms with Gasteiger partial charge in [-0.25, -0.2) is 4.98 Å². The van der Waals surface area contributed by atoms with Crippen molar-refractivity contribution in [3.8, 4) is 0 Å². The summed E-state index contributed by atoms with van der Waals surface area (Å²) >= 11 is 1.73. The summed E-state index contributed by atoms with van der Waals surface area (Å²) in [5, 5.41) is 0. The van der Waals surface area contributed by atoms with Crippen LogP contribution in [0.1, 0.15) is 36.7 Å². The van der Waals surface area contributed by atoms with Gasteiger partial charge in [-0.15, -0.1) is 11.8 Å². The Morgan fingerprint density at radius 1 is 1.00 bits per heavy atom. The summed E-state index contributed by atoms with van der Waals surface area (Å²) in [5.74, 6) is 1.12. The molecule has 2 aromatic carbocycles. The number of carbonyl (C=O) groups is 1. The van der Waals surface area contributed by atoms with E-state index in [2.05, 4.69) is 78.4 Å². The number of rotatable bonds is 6. The molecule has 6 heteroatoms. The lowest BCUT2D eigenvalue weighted by atomic mass is 9.74. The summed E-state index contributed by atoms with van der Waals surface area (Å²) in [5.41, 5.74) is 3.49. The van der Waals surface area contributed by atoms with Gasteiger partial charge in [0.05, 0.1) is 24.9 Å². The minimum atomic E-state index is -0.502. The fourth-order valence-electron chi connectivity index (χ4n) is 5.32. The highest BCUT2D eigenvalue weighted by molar-refractivity contribution is 7.98. The summed E-state index contributed by atoms with van der Waals surface area (Å²) in [6, 6.07) is 25.1. The lowest BCUT2D eigenvalue weighted by molar-refractivity contribution is -0.128. The predicted octanol–water partition coefficient (Wildman–Crippen LogP) is 5.88. The van der Waals surface area contributed by atoms with Gasteiger partial charge in [-0.3, -0.25) is 9.69 Å². The molecule has 2 saturated heterocycles. The molecule has 3 aromatic rings. The molecule has 0 spiro atoms. The molecule has 2 aliphatic heterocycles. The van der Waals surface area contributed by atoms with Gasteiger partial charge < -0.3 is 9.64 Å². The number of hydrogen-bond donors (Lipinski definition) is 0. The molecule has 1 aromatic heterocycles. The van der Waals surface area contributed by atoms with E-state index in [1.54, 1.807) is 11.8 Å². The van der Waals surface area contributed by atoms with E-state index in [0.29, 0.717) is 19.8 Å². The number of likely N-dealkylation sites (tertiary alicyclic amines) is 1. The van der Waals surface area contributed by atoms with Gasteiger partial charge >= 0.3 is 0 Å². The van der Waals surface area contributed by atoms with E-state index in [0.717, 1.165) is 42.3 Å². The van der Waals surface area contributed by atoms with Crippen LogP contribution in [-0.4, -0.2) is 54.8 Å². The number of anilines is 1. The minimum absolute atomic E-state index is 0.148. The highest BCUT2D eigenvalue weighted by Gasteiger charge is 2.44. The second-order valence-electron chi connectivity index (χ2n) is 10.4. The number of benzene rings is 2. The van der Waals surface area contributed by atoms with Crippen LogP contribution < -0.4 is 4.90 Å². The first-order chi connectivity index (χ1) is 17.9. The second kappa shape index (κ2) is 11.2. The molecular weight excluding hydrogens is 478 g/mol. The first-order valence-electron chi connectivity index (χ1n) is 12.9. The maximum Gasteiger partial charge on any atom is 0.167 e. The molecule has 1 unspecified atom stereocenters. The third-order valence-corrected chi connectivity index (χ3v) is 7.93. The van der Waals surface area contributed by atoms with Crippen LogP contribution in [-0.2, 0) is 16.1 Å². The molecular formula is C31H35N3O2S. The Kier molecular flexibility index (Phi) is 7.79. The van der Waals surface area contributed by atoms with Crippen LogP contribution >= 0.6 is 11.8 Å². The van der Waals surface area contributed by atoms with Crippen molar-refractivity contribution in [3.05, 3.63) is 95.2 Å². The third-order valence-electron chi connectivity index (χ3n) is 7.19. The Labute approximate surface area is 224 Å². The summed E-state index contributed by atoms with van der Waals surface area (Å²) in [6.07, 6.45) is 4.11. The van der Waals surface area contributed by atoms with Crippen molar-refractivity contribution < 1.29 is 9.53 Å². The largest absolute Gasteiger partial charge is 0.378 e. The van der Waals surface area contributed by atoms with Crippen molar-refractivity contribution in [2.24, 2.45) is 5.41 Å². The van der Waals surface area contributed by atoms with Crippen molar-refractivity contribution in [3.63, 3.8) is 0 Å². The SMILES string of the molecule is CSc1ccc(C2/C(=C\c3cccc(N4CCOCC4)n3)C(=O)C(C)(C)CN2Cc2ccccc2)cc1. The van der Waals surface area contributed by atoms with E-state index in [-0.39, 0.29) is 11.8 Å². The average molecular weight is 514 g/mol. The van der Waals surface area contributed by atoms with Gasteiger partial charge in [0.1, 0.15) is 5.82 Å². The number of nitrogens with zero attached hydrogens (tertiary/aromatic N) is 3. The molecule has 2 aliphatic rings. The van der Waals surface area contributed by atoms with Crippen LogP contribution in [0, 0.1) is 5.41 Å². The van der Waals surface area contributed by atoms with Crippen LogP contribution in [0.15, 0.2) is 83.3 Å². The molecule has 1 atom stereocenters. The fourth-order valence-corrected chi connectivity index (χ4v) is 5.72. The molecule has 192 valence electrons. The molecule has 0 bridgehead atoms. The topological polar surface area (TPSA) is 45.7 Å². The molecule has 5 nitrogen and oxygen atoms in total. The standard InChI is InChI=1S/C31H35N3O2S/c1-31(2)22-34(21-23-8-5-4-6-9-23)29(24-12-14-26(37-3)15-13-24)27(30(31)35)20-25-10-7-11-28(32-25)33-16-18-36-19-17-33/h4-15,20,29H,16-19,21-22H2,1-3H3/b27-20+. The van der Waals surface area contributed by atoms with Gasteiger partial charge in [0, 0.05) is 42.1 Å². The van der Waals surface area contributed by atoms with E-state index in [9.17, 15) is 4.79 Å². The number of carbonyl (C=O) groups excluding carboxylic acids is 1. The number of Topliss-reactive ketones (excluding diaryl/α,β-unsaturated/α-hetero) is 1. The number of morpholine rings is 1. The monoisotopic (exact) mass is 513 g/mol. The lowest BCUT2D eigenvalue weighted by Crippen LogP contribution is -2.49. The quantitative estimate of drug-likeness (QED) is 0.303. The van der Waals surface area contributed by atoms with Gasteiger partial charge in [0.15, 0.2) is 5.78 Å². The van der Waals surface area contributed by atoms with E-state index in [1.165, 1.54) is 10.5 Å². The van der Waals surface area contributed by atoms with E-state index >= 15 is 0 Å². The molecule has 0 amide bonds. The Balaban J connectivity index is 1.58. The summed E-state index contributed by atoms with van der Waals surface area (Å²) < 4.78 is 5.52. The van der Waals surface area contributed by atoms with Crippen molar-refractivity contribution in [1.82, 2.24) is 9.88 Å². The van der Waals surface area contributed by atoms with E-state index in [4.69, 9.17) is 9.72 Å². The Morgan fingerprint density at radius 2 is 1.73 bits per heavy atom. The number of pyridine rings is 1. The fraction of sp³-hybridized carbons (Fsp3) is 0.355.